The van der Waals surface area contributed by atoms with Crippen LogP contribution in [0.5, 0.6) is 0 Å². The van der Waals surface area contributed by atoms with E-state index in [1.54, 1.807) is 11.8 Å². The SMILES string of the molecule is CCOC(=O)[C@@H]1[C@@H]2C=C[C@]3(CN(c4cccc(C)c4)C(=O)[C@H]13)O2. The van der Waals surface area contributed by atoms with Gasteiger partial charge in [0.05, 0.1) is 25.2 Å². The minimum Gasteiger partial charge on any atom is -0.466 e. The highest BCUT2D eigenvalue weighted by Gasteiger charge is 2.67. The molecule has 0 aliphatic carbocycles. The highest BCUT2D eigenvalue weighted by molar-refractivity contribution is 6.02. The molecule has 5 nitrogen and oxygen atoms in total. The molecule has 0 radical (unpaired) electrons. The Morgan fingerprint density at radius 3 is 3.04 bits per heavy atom. The van der Waals surface area contributed by atoms with Gasteiger partial charge in [-0.2, -0.15) is 0 Å². The molecule has 120 valence electrons. The van der Waals surface area contributed by atoms with Crippen LogP contribution < -0.4 is 4.90 Å². The summed E-state index contributed by atoms with van der Waals surface area (Å²) in [5.74, 6) is -1.42. The molecule has 3 heterocycles. The van der Waals surface area contributed by atoms with E-state index >= 15 is 0 Å². The van der Waals surface area contributed by atoms with Crippen LogP contribution in [0.15, 0.2) is 36.4 Å². The van der Waals surface area contributed by atoms with Crippen molar-refractivity contribution in [3.8, 4) is 0 Å². The fraction of sp³-hybridized carbons (Fsp3) is 0.444. The van der Waals surface area contributed by atoms with Crippen LogP contribution in [0.4, 0.5) is 5.69 Å². The monoisotopic (exact) mass is 313 g/mol. The maximum Gasteiger partial charge on any atom is 0.312 e. The van der Waals surface area contributed by atoms with Crippen LogP contribution in [0.3, 0.4) is 0 Å². The molecule has 4 atom stereocenters. The normalized spacial score (nSPS) is 34.1. The lowest BCUT2D eigenvalue weighted by molar-refractivity contribution is -0.151. The standard InChI is InChI=1S/C18H19NO4/c1-3-22-17(21)14-13-7-8-18(23-13)10-19(16(20)15(14)18)12-6-4-5-11(2)9-12/h4-9,13-15H,3,10H2,1-2H3/t13-,14+,15-,18+/m0/s1. The Bertz CT molecular complexity index is 713. The Balaban J connectivity index is 1.70. The summed E-state index contributed by atoms with van der Waals surface area (Å²) in [4.78, 5) is 27.0. The van der Waals surface area contributed by atoms with E-state index in [1.807, 2.05) is 43.3 Å². The van der Waals surface area contributed by atoms with Crippen molar-refractivity contribution in [1.29, 1.82) is 0 Å². The third-order valence-corrected chi connectivity index (χ3v) is 4.97. The maximum atomic E-state index is 13.0. The van der Waals surface area contributed by atoms with Crippen molar-refractivity contribution in [3.05, 3.63) is 42.0 Å². The first-order valence-corrected chi connectivity index (χ1v) is 7.97. The van der Waals surface area contributed by atoms with Gasteiger partial charge in [-0.05, 0) is 31.5 Å². The lowest BCUT2D eigenvalue weighted by Gasteiger charge is -2.22. The van der Waals surface area contributed by atoms with Crippen LogP contribution >= 0.6 is 0 Å². The van der Waals surface area contributed by atoms with Crippen molar-refractivity contribution in [2.45, 2.75) is 25.6 Å². The van der Waals surface area contributed by atoms with Crippen LogP contribution in [0.2, 0.25) is 0 Å². The molecule has 0 N–H and O–H groups in total. The summed E-state index contributed by atoms with van der Waals surface area (Å²) in [5, 5.41) is 0. The number of carbonyl (C=O) groups excluding carboxylic acids is 2. The second-order valence-electron chi connectivity index (χ2n) is 6.42. The Labute approximate surface area is 134 Å². The van der Waals surface area contributed by atoms with Gasteiger partial charge in [0.2, 0.25) is 5.91 Å². The average Bonchev–Trinajstić information content (AvgIpc) is 3.16. The van der Waals surface area contributed by atoms with Crippen LogP contribution in [0.25, 0.3) is 0 Å². The predicted octanol–water partition coefficient (Wildman–Crippen LogP) is 1.84. The molecule has 1 spiro atoms. The van der Waals surface area contributed by atoms with Gasteiger partial charge in [-0.3, -0.25) is 9.59 Å². The van der Waals surface area contributed by atoms with E-state index in [0.29, 0.717) is 13.2 Å². The summed E-state index contributed by atoms with van der Waals surface area (Å²) in [7, 11) is 0. The fourth-order valence-electron chi connectivity index (χ4n) is 4.02. The Hall–Kier alpha value is -2.14. The molecule has 0 unspecified atom stereocenters. The van der Waals surface area contributed by atoms with E-state index in [1.165, 1.54) is 0 Å². The van der Waals surface area contributed by atoms with Crippen molar-refractivity contribution in [2.24, 2.45) is 11.8 Å². The third kappa shape index (κ3) is 1.96. The van der Waals surface area contributed by atoms with E-state index in [-0.39, 0.29) is 18.0 Å². The van der Waals surface area contributed by atoms with Gasteiger partial charge in [0.1, 0.15) is 11.5 Å². The average molecular weight is 313 g/mol. The number of carbonyl (C=O) groups is 2. The van der Waals surface area contributed by atoms with Crippen molar-refractivity contribution >= 4 is 17.6 Å². The minimum atomic E-state index is -0.692. The molecule has 3 aliphatic rings. The molecule has 0 aromatic heterocycles. The molecule has 2 bridgehead atoms. The molecule has 0 saturated carbocycles. The van der Waals surface area contributed by atoms with Crippen molar-refractivity contribution in [1.82, 2.24) is 0 Å². The summed E-state index contributed by atoms with van der Waals surface area (Å²) in [6, 6.07) is 7.82. The van der Waals surface area contributed by atoms with E-state index in [0.717, 1.165) is 11.3 Å². The number of nitrogens with zero attached hydrogens (tertiary/aromatic N) is 1. The molecule has 2 saturated heterocycles. The summed E-state index contributed by atoms with van der Waals surface area (Å²) in [6.07, 6.45) is 3.50. The number of amides is 1. The maximum absolute atomic E-state index is 13.0. The predicted molar refractivity (Wildman–Crippen MR) is 83.9 cm³/mol. The van der Waals surface area contributed by atoms with Gasteiger partial charge < -0.3 is 14.4 Å². The Morgan fingerprint density at radius 1 is 1.48 bits per heavy atom. The van der Waals surface area contributed by atoms with E-state index in [9.17, 15) is 9.59 Å². The number of hydrogen-bond donors (Lipinski definition) is 0. The van der Waals surface area contributed by atoms with Gasteiger partial charge in [-0.25, -0.2) is 0 Å². The molecular weight excluding hydrogens is 294 g/mol. The van der Waals surface area contributed by atoms with Gasteiger partial charge >= 0.3 is 5.97 Å². The zero-order valence-electron chi connectivity index (χ0n) is 13.2. The van der Waals surface area contributed by atoms with Crippen molar-refractivity contribution < 1.29 is 19.1 Å². The molecule has 23 heavy (non-hydrogen) atoms. The van der Waals surface area contributed by atoms with Gasteiger partial charge in [-0.15, -0.1) is 0 Å². The van der Waals surface area contributed by atoms with E-state index in [4.69, 9.17) is 9.47 Å². The lowest BCUT2D eigenvalue weighted by atomic mass is 9.77. The second kappa shape index (κ2) is 4.93. The summed E-state index contributed by atoms with van der Waals surface area (Å²) in [6.45, 7) is 4.52. The van der Waals surface area contributed by atoms with Gasteiger partial charge in [0, 0.05) is 5.69 Å². The first-order chi connectivity index (χ1) is 11.1. The van der Waals surface area contributed by atoms with Gasteiger partial charge in [-0.1, -0.05) is 24.3 Å². The first kappa shape index (κ1) is 14.5. The number of ether oxygens (including phenoxy) is 2. The number of anilines is 1. The lowest BCUT2D eigenvalue weighted by Crippen LogP contribution is -2.40. The molecule has 1 amide bonds. The molecular formula is C18H19NO4. The Morgan fingerprint density at radius 2 is 2.30 bits per heavy atom. The number of aryl methyl sites for hydroxylation is 1. The highest BCUT2D eigenvalue weighted by atomic mass is 16.6. The highest BCUT2D eigenvalue weighted by Crippen LogP contribution is 2.52. The molecule has 2 fully saturated rings. The van der Waals surface area contributed by atoms with E-state index in [2.05, 4.69) is 0 Å². The molecule has 1 aromatic carbocycles. The van der Waals surface area contributed by atoms with Crippen LogP contribution in [0, 0.1) is 18.8 Å². The quantitative estimate of drug-likeness (QED) is 0.631. The van der Waals surface area contributed by atoms with E-state index < -0.39 is 17.4 Å². The topological polar surface area (TPSA) is 55.8 Å². The molecule has 4 rings (SSSR count). The number of benzene rings is 1. The molecule has 1 aromatic rings. The van der Waals surface area contributed by atoms with Crippen molar-refractivity contribution in [2.75, 3.05) is 18.1 Å². The van der Waals surface area contributed by atoms with Crippen LogP contribution in [0.1, 0.15) is 12.5 Å². The van der Waals surface area contributed by atoms with Crippen LogP contribution in [-0.4, -0.2) is 36.7 Å². The van der Waals surface area contributed by atoms with Crippen LogP contribution in [-0.2, 0) is 19.1 Å². The second-order valence-corrected chi connectivity index (χ2v) is 6.42. The van der Waals surface area contributed by atoms with Crippen molar-refractivity contribution in [3.63, 3.8) is 0 Å². The first-order valence-electron chi connectivity index (χ1n) is 7.97. The summed E-state index contributed by atoms with van der Waals surface area (Å²) in [5.41, 5.74) is 1.25. The van der Waals surface area contributed by atoms with Gasteiger partial charge in [0.25, 0.3) is 0 Å². The number of esters is 1. The largest absolute Gasteiger partial charge is 0.466 e. The minimum absolute atomic E-state index is 0.0551. The zero-order valence-corrected chi connectivity index (χ0v) is 13.2. The molecule has 5 heteroatoms. The van der Waals surface area contributed by atoms with Gasteiger partial charge in [0.15, 0.2) is 0 Å². The number of fused-ring (bicyclic) bond motifs is 1. The zero-order chi connectivity index (χ0) is 16.2. The fourth-order valence-corrected chi connectivity index (χ4v) is 4.02. The summed E-state index contributed by atoms with van der Waals surface area (Å²) < 4.78 is 11.2. The Kier molecular flexibility index (Phi) is 3.10. The number of rotatable bonds is 3. The third-order valence-electron chi connectivity index (χ3n) is 4.97. The smallest absolute Gasteiger partial charge is 0.312 e. The molecule has 3 aliphatic heterocycles. The number of hydrogen-bond acceptors (Lipinski definition) is 4. The summed E-state index contributed by atoms with van der Waals surface area (Å²) >= 11 is 0.